The second kappa shape index (κ2) is 14.5. The number of hydrogen-bond donors (Lipinski definition) is 3. The van der Waals surface area contributed by atoms with Gasteiger partial charge in [0.25, 0.3) is 5.91 Å². The van der Waals surface area contributed by atoms with Gasteiger partial charge in [0.2, 0.25) is 5.91 Å². The average molecular weight is 470 g/mol. The highest BCUT2D eigenvalue weighted by molar-refractivity contribution is 5.97. The minimum absolute atomic E-state index is 0. The van der Waals surface area contributed by atoms with Crippen molar-refractivity contribution in [1.29, 1.82) is 0 Å². The van der Waals surface area contributed by atoms with Gasteiger partial charge in [-0.2, -0.15) is 10.2 Å². The molecule has 7 N–H and O–H groups in total. The van der Waals surface area contributed by atoms with Crippen LogP contribution in [0.25, 0.3) is 0 Å². The summed E-state index contributed by atoms with van der Waals surface area (Å²) in [4.78, 5) is 36.4. The Kier molecular flexibility index (Phi) is 13.9. The van der Waals surface area contributed by atoms with Gasteiger partial charge in [-0.1, -0.05) is 0 Å². The van der Waals surface area contributed by atoms with Crippen LogP contribution in [0.4, 0.5) is 17.1 Å². The molecule has 2 aromatic rings. The molecule has 0 aliphatic heterocycles. The van der Waals surface area contributed by atoms with Crippen LogP contribution in [-0.2, 0) is 9.59 Å². The molecule has 0 unspecified atom stereocenters. The molecule has 0 radical (unpaired) electrons. The van der Waals surface area contributed by atoms with Crippen LogP contribution in [0.2, 0.25) is 0 Å². The Morgan fingerprint density at radius 3 is 1.84 bits per heavy atom. The second-order valence-corrected chi connectivity index (χ2v) is 6.47. The van der Waals surface area contributed by atoms with E-state index in [0.717, 1.165) is 5.69 Å². The monoisotopic (exact) mass is 469 g/mol. The zero-order valence-electron chi connectivity index (χ0n) is 17.8. The molecule has 2 amide bonds. The van der Waals surface area contributed by atoms with E-state index in [4.69, 9.17) is 5.11 Å². The molecule has 0 spiro atoms. The van der Waals surface area contributed by atoms with Crippen molar-refractivity contribution in [3.8, 4) is 0 Å². The number of carbonyl (C=O) groups is 3. The SMILES string of the molecule is C[C@@H](NC(=O)CNC(=O)c1ccc(N=Nc2ccc(N(C)C)cc2)cc1)C(=O)O.Cl.O.O. The van der Waals surface area contributed by atoms with Crippen LogP contribution in [0.1, 0.15) is 17.3 Å². The van der Waals surface area contributed by atoms with Gasteiger partial charge in [-0.15, -0.1) is 12.4 Å². The molecule has 2 rings (SSSR count). The maximum atomic E-state index is 12.1. The first-order valence-corrected chi connectivity index (χ1v) is 8.86. The van der Waals surface area contributed by atoms with E-state index in [-0.39, 0.29) is 29.9 Å². The first-order chi connectivity index (χ1) is 13.8. The number of hydrogen-bond acceptors (Lipinski definition) is 6. The Hall–Kier alpha value is -3.54. The molecule has 176 valence electrons. The van der Waals surface area contributed by atoms with Crippen molar-refractivity contribution in [3.63, 3.8) is 0 Å². The number of amides is 2. The number of carboxylic acid groups (broad SMARTS) is 1. The number of anilines is 1. The Morgan fingerprint density at radius 1 is 0.938 bits per heavy atom. The third-order valence-electron chi connectivity index (χ3n) is 3.93. The summed E-state index contributed by atoms with van der Waals surface area (Å²) in [7, 11) is 3.91. The number of azo groups is 1. The number of nitrogens with zero attached hydrogens (tertiary/aromatic N) is 3. The van der Waals surface area contributed by atoms with Crippen LogP contribution in [0.5, 0.6) is 0 Å². The minimum atomic E-state index is -1.15. The molecule has 1 atom stereocenters. The van der Waals surface area contributed by atoms with Gasteiger partial charge in [-0.3, -0.25) is 14.4 Å². The topological polar surface area (TPSA) is 186 Å². The van der Waals surface area contributed by atoms with Crippen LogP contribution in [0, 0.1) is 0 Å². The van der Waals surface area contributed by atoms with Crippen LogP contribution in [-0.4, -0.2) is 60.5 Å². The van der Waals surface area contributed by atoms with E-state index in [1.807, 2.05) is 43.3 Å². The van der Waals surface area contributed by atoms with Crippen molar-refractivity contribution >= 4 is 47.3 Å². The molecular weight excluding hydrogens is 442 g/mol. The predicted octanol–water partition coefficient (Wildman–Crippen LogP) is 1.26. The Morgan fingerprint density at radius 2 is 1.41 bits per heavy atom. The van der Waals surface area contributed by atoms with Crippen LogP contribution < -0.4 is 15.5 Å². The minimum Gasteiger partial charge on any atom is -0.480 e. The Balaban J connectivity index is 0. The van der Waals surface area contributed by atoms with Gasteiger partial charge in [0.05, 0.1) is 17.9 Å². The van der Waals surface area contributed by atoms with Crippen molar-refractivity contribution < 1.29 is 30.4 Å². The van der Waals surface area contributed by atoms with Crippen molar-refractivity contribution in [2.75, 3.05) is 25.5 Å². The van der Waals surface area contributed by atoms with E-state index in [9.17, 15) is 14.4 Å². The number of halogens is 1. The van der Waals surface area contributed by atoms with Gasteiger partial charge >= 0.3 is 5.97 Å². The molecule has 0 aromatic heterocycles. The van der Waals surface area contributed by atoms with Crippen LogP contribution in [0.3, 0.4) is 0 Å². The first-order valence-electron chi connectivity index (χ1n) is 8.86. The summed E-state index contributed by atoms with van der Waals surface area (Å²) >= 11 is 0. The smallest absolute Gasteiger partial charge is 0.325 e. The summed E-state index contributed by atoms with van der Waals surface area (Å²) in [6.45, 7) is 1.02. The first kappa shape index (κ1) is 30.7. The van der Waals surface area contributed by atoms with Crippen molar-refractivity contribution in [3.05, 3.63) is 54.1 Å². The number of rotatable bonds is 8. The molecule has 11 nitrogen and oxygen atoms in total. The Labute approximate surface area is 191 Å². The van der Waals surface area contributed by atoms with Crippen LogP contribution in [0.15, 0.2) is 58.8 Å². The van der Waals surface area contributed by atoms with Gasteiger partial charge in [0.15, 0.2) is 0 Å². The normalized spacial score (nSPS) is 10.6. The highest BCUT2D eigenvalue weighted by Gasteiger charge is 2.14. The zero-order chi connectivity index (χ0) is 21.4. The molecule has 0 aliphatic rings. The molecule has 0 saturated carbocycles. The van der Waals surface area contributed by atoms with Gasteiger partial charge in [0.1, 0.15) is 6.04 Å². The lowest BCUT2D eigenvalue weighted by molar-refractivity contribution is -0.141. The zero-order valence-corrected chi connectivity index (χ0v) is 18.6. The highest BCUT2D eigenvalue weighted by Crippen LogP contribution is 2.21. The number of carbonyl (C=O) groups excluding carboxylic acids is 2. The molecule has 12 heteroatoms. The number of benzene rings is 2. The number of aliphatic carboxylic acids is 1. The van der Waals surface area contributed by atoms with E-state index in [1.165, 1.54) is 6.92 Å². The quantitative estimate of drug-likeness (QED) is 0.490. The molecule has 0 heterocycles. The Bertz CT molecular complexity index is 904. The standard InChI is InChI=1S/C20H23N5O4.ClH.2H2O/c1-13(20(28)29)22-18(26)12-21-19(27)14-4-6-15(7-5-14)23-24-16-8-10-17(11-9-16)25(2)3;;;/h4-11,13H,12H2,1-3H3,(H,21,27)(H,22,26)(H,28,29);1H;2*1H2/t13-;;;/m1.../s1. The second-order valence-electron chi connectivity index (χ2n) is 6.47. The summed E-state index contributed by atoms with van der Waals surface area (Å²) in [6, 6.07) is 13.0. The summed E-state index contributed by atoms with van der Waals surface area (Å²) in [5.74, 6) is -2.19. The third-order valence-corrected chi connectivity index (χ3v) is 3.93. The highest BCUT2D eigenvalue weighted by atomic mass is 35.5. The van der Waals surface area contributed by atoms with E-state index in [0.29, 0.717) is 16.9 Å². The average Bonchev–Trinajstić information content (AvgIpc) is 2.71. The van der Waals surface area contributed by atoms with Gasteiger partial charge in [-0.05, 0) is 55.5 Å². The molecule has 32 heavy (non-hydrogen) atoms. The third kappa shape index (κ3) is 9.51. The fraction of sp³-hybridized carbons (Fsp3) is 0.250. The number of carboxylic acids is 1. The fourth-order valence-electron chi connectivity index (χ4n) is 2.23. The van der Waals surface area contributed by atoms with Gasteiger partial charge < -0.3 is 31.6 Å². The predicted molar refractivity (Wildman–Crippen MR) is 123 cm³/mol. The summed E-state index contributed by atoms with van der Waals surface area (Å²) in [6.07, 6.45) is 0. The molecule has 0 fully saturated rings. The molecule has 0 bridgehead atoms. The molecule has 0 saturated heterocycles. The molecule has 2 aromatic carbocycles. The lowest BCUT2D eigenvalue weighted by Crippen LogP contribution is -2.43. The lowest BCUT2D eigenvalue weighted by Gasteiger charge is -2.11. The van der Waals surface area contributed by atoms with Crippen LogP contribution >= 0.6 is 12.4 Å². The van der Waals surface area contributed by atoms with Crippen molar-refractivity contribution in [1.82, 2.24) is 10.6 Å². The van der Waals surface area contributed by atoms with Gasteiger partial charge in [0, 0.05) is 25.3 Å². The maximum absolute atomic E-state index is 12.1. The van der Waals surface area contributed by atoms with E-state index in [1.54, 1.807) is 24.3 Å². The van der Waals surface area contributed by atoms with E-state index in [2.05, 4.69) is 20.9 Å². The number of nitrogens with one attached hydrogen (secondary N) is 2. The van der Waals surface area contributed by atoms with Crippen molar-refractivity contribution in [2.45, 2.75) is 13.0 Å². The fourth-order valence-corrected chi connectivity index (χ4v) is 2.23. The maximum Gasteiger partial charge on any atom is 0.325 e. The largest absolute Gasteiger partial charge is 0.480 e. The molecule has 0 aliphatic carbocycles. The molecular formula is C20H28ClN5O6. The van der Waals surface area contributed by atoms with E-state index >= 15 is 0 Å². The van der Waals surface area contributed by atoms with Crippen molar-refractivity contribution in [2.24, 2.45) is 10.2 Å². The van der Waals surface area contributed by atoms with E-state index < -0.39 is 23.8 Å². The van der Waals surface area contributed by atoms with Gasteiger partial charge in [-0.25, -0.2) is 0 Å². The summed E-state index contributed by atoms with van der Waals surface area (Å²) < 4.78 is 0. The summed E-state index contributed by atoms with van der Waals surface area (Å²) in [5.41, 5.74) is 2.69. The summed E-state index contributed by atoms with van der Waals surface area (Å²) in [5, 5.41) is 21.7. The lowest BCUT2D eigenvalue weighted by atomic mass is 10.2.